The molecule has 1 heterocycles. The van der Waals surface area contributed by atoms with E-state index in [1.165, 1.54) is 25.1 Å². The predicted molar refractivity (Wildman–Crippen MR) is 70.5 cm³/mol. The molecular formula is C13H15N3O3. The quantitative estimate of drug-likeness (QED) is 0.764. The smallest absolute Gasteiger partial charge is 0.265 e. The molecule has 2 rings (SSSR count). The Kier molecular flexibility index (Phi) is 3.62. The molecule has 100 valence electrons. The molecule has 0 saturated carbocycles. The minimum atomic E-state index is -0.321. The number of fused-ring (bicyclic) bond motifs is 1. The van der Waals surface area contributed by atoms with Gasteiger partial charge in [-0.05, 0) is 18.6 Å². The molecule has 0 fully saturated rings. The highest BCUT2D eigenvalue weighted by atomic mass is 16.7. The largest absolute Gasteiger partial charge is 0.289 e. The van der Waals surface area contributed by atoms with Gasteiger partial charge in [0.2, 0.25) is 0 Å². The number of hydrogen-bond donors (Lipinski definition) is 0. The monoisotopic (exact) mass is 261 g/mol. The lowest BCUT2D eigenvalue weighted by Gasteiger charge is -2.14. The molecule has 1 aromatic heterocycles. The van der Waals surface area contributed by atoms with E-state index >= 15 is 0 Å². The van der Waals surface area contributed by atoms with Gasteiger partial charge in [0.05, 0.1) is 24.3 Å². The van der Waals surface area contributed by atoms with Crippen LogP contribution in [0.5, 0.6) is 0 Å². The maximum absolute atomic E-state index is 12.2. The fourth-order valence-electron chi connectivity index (χ4n) is 1.80. The Morgan fingerprint density at radius 3 is 2.89 bits per heavy atom. The number of likely N-dealkylation sites (N-methyl/N-ethyl adjacent to an activating group) is 1. The van der Waals surface area contributed by atoms with Crippen LogP contribution in [0, 0.1) is 6.92 Å². The number of aromatic nitrogens is 2. The topological polar surface area (TPSA) is 64.4 Å². The SMILES string of the molecule is CON(C)C(=O)Cn1cnc2c(C)cccc2c1=O. The number of hydrogen-bond acceptors (Lipinski definition) is 4. The summed E-state index contributed by atoms with van der Waals surface area (Å²) in [6.45, 7) is 1.79. The van der Waals surface area contributed by atoms with Gasteiger partial charge < -0.3 is 0 Å². The number of nitrogens with zero attached hydrogens (tertiary/aromatic N) is 3. The zero-order valence-electron chi connectivity index (χ0n) is 11.1. The third-order valence-corrected chi connectivity index (χ3v) is 2.99. The van der Waals surface area contributed by atoms with Crippen LogP contribution in [0.4, 0.5) is 0 Å². The van der Waals surface area contributed by atoms with Crippen molar-refractivity contribution in [2.45, 2.75) is 13.5 Å². The first-order valence-electron chi connectivity index (χ1n) is 5.80. The van der Waals surface area contributed by atoms with Gasteiger partial charge in [0, 0.05) is 7.05 Å². The number of amides is 1. The van der Waals surface area contributed by atoms with E-state index in [0.29, 0.717) is 10.9 Å². The van der Waals surface area contributed by atoms with Gasteiger partial charge in [0.25, 0.3) is 11.5 Å². The van der Waals surface area contributed by atoms with Gasteiger partial charge >= 0.3 is 0 Å². The second-order valence-electron chi connectivity index (χ2n) is 4.22. The summed E-state index contributed by atoms with van der Waals surface area (Å²) in [4.78, 5) is 33.0. The Bertz CT molecular complexity index is 678. The minimum Gasteiger partial charge on any atom is -0.289 e. The Morgan fingerprint density at radius 1 is 1.47 bits per heavy atom. The molecule has 0 bridgehead atoms. The van der Waals surface area contributed by atoms with E-state index in [9.17, 15) is 9.59 Å². The Labute approximate surface area is 110 Å². The third kappa shape index (κ3) is 2.48. The second-order valence-corrected chi connectivity index (χ2v) is 4.22. The third-order valence-electron chi connectivity index (χ3n) is 2.99. The molecule has 6 heteroatoms. The zero-order valence-corrected chi connectivity index (χ0v) is 11.1. The molecular weight excluding hydrogens is 246 g/mol. The summed E-state index contributed by atoms with van der Waals surface area (Å²) >= 11 is 0. The van der Waals surface area contributed by atoms with Crippen LogP contribution in [0.2, 0.25) is 0 Å². The first kappa shape index (κ1) is 13.2. The first-order chi connectivity index (χ1) is 9.04. The maximum atomic E-state index is 12.2. The molecule has 1 amide bonds. The van der Waals surface area contributed by atoms with Crippen LogP contribution in [0.3, 0.4) is 0 Å². The molecule has 6 nitrogen and oxygen atoms in total. The fraction of sp³-hybridized carbons (Fsp3) is 0.308. The van der Waals surface area contributed by atoms with Crippen LogP contribution in [0.15, 0.2) is 29.3 Å². The summed E-state index contributed by atoms with van der Waals surface area (Å²) in [6, 6.07) is 5.40. The molecule has 0 radical (unpaired) electrons. The van der Waals surface area contributed by atoms with Gasteiger partial charge in [-0.25, -0.2) is 10.0 Å². The van der Waals surface area contributed by atoms with Crippen LogP contribution in [-0.4, -0.2) is 34.7 Å². The average molecular weight is 261 g/mol. The number of aryl methyl sites for hydroxylation is 1. The summed E-state index contributed by atoms with van der Waals surface area (Å²) in [5.41, 5.74) is 1.37. The number of carbonyl (C=O) groups excluding carboxylic acids is 1. The van der Waals surface area contributed by atoms with Crippen LogP contribution in [0.1, 0.15) is 5.56 Å². The molecule has 0 aliphatic rings. The minimum absolute atomic E-state index is 0.0972. The van der Waals surface area contributed by atoms with Gasteiger partial charge in [0.15, 0.2) is 0 Å². The number of rotatable bonds is 3. The van der Waals surface area contributed by atoms with Gasteiger partial charge in [-0.3, -0.25) is 19.0 Å². The molecule has 0 aliphatic carbocycles. The van der Waals surface area contributed by atoms with E-state index in [-0.39, 0.29) is 18.0 Å². The zero-order chi connectivity index (χ0) is 14.0. The number of hydroxylamine groups is 2. The van der Waals surface area contributed by atoms with Crippen LogP contribution >= 0.6 is 0 Å². The van der Waals surface area contributed by atoms with E-state index in [1.807, 2.05) is 13.0 Å². The number of benzene rings is 1. The molecule has 0 spiro atoms. The van der Waals surface area contributed by atoms with Crippen LogP contribution < -0.4 is 5.56 Å². The maximum Gasteiger partial charge on any atom is 0.265 e. The van der Waals surface area contributed by atoms with Crippen LogP contribution in [-0.2, 0) is 16.2 Å². The molecule has 0 unspecified atom stereocenters. The molecule has 0 atom stereocenters. The summed E-state index contributed by atoms with van der Waals surface area (Å²) in [5, 5.41) is 1.59. The lowest BCUT2D eigenvalue weighted by atomic mass is 10.1. The first-order valence-corrected chi connectivity index (χ1v) is 5.80. The highest BCUT2D eigenvalue weighted by Gasteiger charge is 2.12. The Balaban J connectivity index is 2.44. The Morgan fingerprint density at radius 2 is 2.21 bits per heavy atom. The van der Waals surface area contributed by atoms with Crippen molar-refractivity contribution in [1.29, 1.82) is 0 Å². The van der Waals surface area contributed by atoms with Crippen molar-refractivity contribution >= 4 is 16.8 Å². The van der Waals surface area contributed by atoms with E-state index in [2.05, 4.69) is 4.98 Å². The normalized spacial score (nSPS) is 10.7. The summed E-state index contributed by atoms with van der Waals surface area (Å²) in [6.07, 6.45) is 1.39. The summed E-state index contributed by atoms with van der Waals surface area (Å²) in [7, 11) is 2.88. The van der Waals surface area contributed by atoms with E-state index in [1.54, 1.807) is 12.1 Å². The van der Waals surface area contributed by atoms with Gasteiger partial charge in [0.1, 0.15) is 6.54 Å². The molecule has 19 heavy (non-hydrogen) atoms. The standard InChI is InChI=1S/C13H15N3O3/c1-9-5-4-6-10-12(9)14-8-16(13(10)18)7-11(17)15(2)19-3/h4-6,8H,7H2,1-3H3. The fourth-order valence-corrected chi connectivity index (χ4v) is 1.80. The van der Waals surface area contributed by atoms with Gasteiger partial charge in [-0.2, -0.15) is 0 Å². The lowest BCUT2D eigenvalue weighted by Crippen LogP contribution is -2.33. The predicted octanol–water partition coefficient (Wildman–Crippen LogP) is 0.725. The summed E-state index contributed by atoms with van der Waals surface area (Å²) in [5.74, 6) is -0.321. The summed E-state index contributed by atoms with van der Waals surface area (Å²) < 4.78 is 1.28. The second kappa shape index (κ2) is 5.19. The van der Waals surface area contributed by atoms with Crippen LogP contribution in [0.25, 0.3) is 10.9 Å². The molecule has 0 saturated heterocycles. The van der Waals surface area contributed by atoms with Crippen molar-refractivity contribution in [1.82, 2.24) is 14.6 Å². The van der Waals surface area contributed by atoms with Crippen molar-refractivity contribution in [3.05, 3.63) is 40.4 Å². The highest BCUT2D eigenvalue weighted by Crippen LogP contribution is 2.11. The lowest BCUT2D eigenvalue weighted by molar-refractivity contribution is -0.169. The van der Waals surface area contributed by atoms with Crippen molar-refractivity contribution in [2.75, 3.05) is 14.2 Å². The van der Waals surface area contributed by atoms with Crippen molar-refractivity contribution in [3.8, 4) is 0 Å². The Hall–Kier alpha value is -2.21. The molecule has 2 aromatic rings. The van der Waals surface area contributed by atoms with Crippen molar-refractivity contribution in [3.63, 3.8) is 0 Å². The molecule has 0 N–H and O–H groups in total. The number of para-hydroxylation sites is 1. The molecule has 0 aliphatic heterocycles. The van der Waals surface area contributed by atoms with E-state index in [4.69, 9.17) is 4.84 Å². The van der Waals surface area contributed by atoms with Crippen molar-refractivity contribution < 1.29 is 9.63 Å². The molecule has 1 aromatic carbocycles. The van der Waals surface area contributed by atoms with Gasteiger partial charge in [-0.1, -0.05) is 12.1 Å². The van der Waals surface area contributed by atoms with E-state index in [0.717, 1.165) is 10.6 Å². The van der Waals surface area contributed by atoms with E-state index < -0.39 is 0 Å². The average Bonchev–Trinajstić information content (AvgIpc) is 2.41. The van der Waals surface area contributed by atoms with Gasteiger partial charge in [-0.15, -0.1) is 0 Å². The number of carbonyl (C=O) groups is 1. The van der Waals surface area contributed by atoms with Crippen molar-refractivity contribution in [2.24, 2.45) is 0 Å². The highest BCUT2D eigenvalue weighted by molar-refractivity contribution is 5.81.